The van der Waals surface area contributed by atoms with Gasteiger partial charge in [0, 0.05) is 4.88 Å². The molecule has 2 heterocycles. The van der Waals surface area contributed by atoms with Gasteiger partial charge in [-0.1, -0.05) is 6.07 Å². The summed E-state index contributed by atoms with van der Waals surface area (Å²) >= 11 is 1.49. The Bertz CT molecular complexity index is 391. The molecule has 0 bridgehead atoms. The number of thiophene rings is 1. The smallest absolute Gasteiger partial charge is 0.305 e. The molecule has 0 aromatic carbocycles. The molecule has 1 atom stereocenters. The Balaban J connectivity index is 2.29. The highest BCUT2D eigenvalue weighted by Gasteiger charge is 2.19. The summed E-state index contributed by atoms with van der Waals surface area (Å²) in [6.07, 6.45) is 1.40. The van der Waals surface area contributed by atoms with Crippen molar-refractivity contribution in [3.05, 3.63) is 28.7 Å². The molecule has 0 amide bonds. The van der Waals surface area contributed by atoms with Crippen LogP contribution in [0.2, 0.25) is 0 Å². The summed E-state index contributed by atoms with van der Waals surface area (Å²) in [6.45, 7) is 0. The molecular weight excluding hydrogens is 216 g/mol. The topological polar surface area (TPSA) is 80.9 Å². The average molecular weight is 224 g/mol. The highest BCUT2D eigenvalue weighted by molar-refractivity contribution is 7.10. The van der Waals surface area contributed by atoms with Gasteiger partial charge in [0.05, 0.1) is 6.42 Å². The molecule has 1 unspecified atom stereocenters. The van der Waals surface area contributed by atoms with Crippen LogP contribution < -0.4 is 0 Å². The highest BCUT2D eigenvalue weighted by Crippen LogP contribution is 2.24. The number of aliphatic carboxylic acids is 1. The fraction of sp³-hybridized carbons (Fsp3) is 0.250. The monoisotopic (exact) mass is 224 g/mol. The third-order valence-electron chi connectivity index (χ3n) is 1.92. The summed E-state index contributed by atoms with van der Waals surface area (Å²) in [5.41, 5.74) is 0. The highest BCUT2D eigenvalue weighted by atomic mass is 32.1. The SMILES string of the molecule is O=C(O)CC(c1cccs1)n1cnnn1. The molecule has 0 aliphatic heterocycles. The lowest BCUT2D eigenvalue weighted by atomic mass is 10.2. The van der Waals surface area contributed by atoms with Gasteiger partial charge in [0.1, 0.15) is 12.4 Å². The maximum absolute atomic E-state index is 10.7. The van der Waals surface area contributed by atoms with E-state index in [1.54, 1.807) is 0 Å². The van der Waals surface area contributed by atoms with Gasteiger partial charge >= 0.3 is 5.97 Å². The number of hydrogen-bond acceptors (Lipinski definition) is 5. The molecule has 0 aliphatic rings. The van der Waals surface area contributed by atoms with Gasteiger partial charge in [0.2, 0.25) is 0 Å². The maximum atomic E-state index is 10.7. The first-order chi connectivity index (χ1) is 7.27. The Morgan fingerprint density at radius 2 is 2.53 bits per heavy atom. The van der Waals surface area contributed by atoms with Crippen LogP contribution >= 0.6 is 11.3 Å². The van der Waals surface area contributed by atoms with Crippen LogP contribution in [0.4, 0.5) is 0 Å². The fourth-order valence-corrected chi connectivity index (χ4v) is 2.10. The van der Waals surface area contributed by atoms with Gasteiger partial charge in [-0.2, -0.15) is 0 Å². The van der Waals surface area contributed by atoms with Crippen molar-refractivity contribution in [2.24, 2.45) is 0 Å². The molecule has 1 N–H and O–H groups in total. The summed E-state index contributed by atoms with van der Waals surface area (Å²) in [7, 11) is 0. The van der Waals surface area contributed by atoms with E-state index >= 15 is 0 Å². The van der Waals surface area contributed by atoms with E-state index in [1.165, 1.54) is 22.3 Å². The molecule has 0 saturated heterocycles. The molecule has 6 nitrogen and oxygen atoms in total. The zero-order valence-corrected chi connectivity index (χ0v) is 8.46. The third kappa shape index (κ3) is 2.18. The molecule has 0 spiro atoms. The van der Waals surface area contributed by atoms with Crippen LogP contribution in [0.25, 0.3) is 0 Å². The molecule has 15 heavy (non-hydrogen) atoms. The number of nitrogens with zero attached hydrogens (tertiary/aromatic N) is 4. The number of aromatic nitrogens is 4. The van der Waals surface area contributed by atoms with Gasteiger partial charge in [-0.25, -0.2) is 4.68 Å². The maximum Gasteiger partial charge on any atom is 0.305 e. The molecule has 2 rings (SSSR count). The molecule has 0 fully saturated rings. The molecule has 78 valence electrons. The van der Waals surface area contributed by atoms with E-state index in [9.17, 15) is 4.79 Å². The Morgan fingerprint density at radius 1 is 1.67 bits per heavy atom. The summed E-state index contributed by atoms with van der Waals surface area (Å²) in [5.74, 6) is -0.871. The summed E-state index contributed by atoms with van der Waals surface area (Å²) in [4.78, 5) is 11.7. The minimum absolute atomic E-state index is 0.0223. The van der Waals surface area contributed by atoms with Crippen LogP contribution in [0.1, 0.15) is 17.3 Å². The zero-order chi connectivity index (χ0) is 10.7. The number of hydrogen-bond donors (Lipinski definition) is 1. The molecular formula is C8H8N4O2S. The van der Waals surface area contributed by atoms with E-state index in [0.717, 1.165) is 4.88 Å². The summed E-state index contributed by atoms with van der Waals surface area (Å²) in [5, 5.41) is 21.4. The van der Waals surface area contributed by atoms with Gasteiger partial charge in [0.25, 0.3) is 0 Å². The standard InChI is InChI=1S/C8H8N4O2S/c13-8(14)4-6(7-2-1-3-15-7)12-5-9-10-11-12/h1-3,5-6H,4H2,(H,13,14). The van der Waals surface area contributed by atoms with Gasteiger partial charge < -0.3 is 5.11 Å². The number of tetrazole rings is 1. The second kappa shape index (κ2) is 4.18. The average Bonchev–Trinajstić information content (AvgIpc) is 2.87. The minimum Gasteiger partial charge on any atom is -0.481 e. The van der Waals surface area contributed by atoms with E-state index in [-0.39, 0.29) is 12.5 Å². The van der Waals surface area contributed by atoms with Crippen LogP contribution in [0, 0.1) is 0 Å². The summed E-state index contributed by atoms with van der Waals surface area (Å²) < 4.78 is 1.46. The molecule has 2 aromatic rings. The van der Waals surface area contributed by atoms with Crippen molar-refractivity contribution in [2.45, 2.75) is 12.5 Å². The van der Waals surface area contributed by atoms with Crippen molar-refractivity contribution in [1.29, 1.82) is 0 Å². The van der Waals surface area contributed by atoms with Crippen LogP contribution in [0.5, 0.6) is 0 Å². The number of carboxylic acid groups (broad SMARTS) is 1. The van der Waals surface area contributed by atoms with Gasteiger partial charge in [0.15, 0.2) is 0 Å². The predicted octanol–water partition coefficient (Wildman–Crippen LogP) is 0.799. The van der Waals surface area contributed by atoms with Crippen LogP contribution in [-0.2, 0) is 4.79 Å². The Hall–Kier alpha value is -1.76. The second-order valence-corrected chi connectivity index (χ2v) is 3.90. The van der Waals surface area contributed by atoms with E-state index in [4.69, 9.17) is 5.11 Å². The molecule has 2 aromatic heterocycles. The van der Waals surface area contributed by atoms with Crippen molar-refractivity contribution < 1.29 is 9.90 Å². The molecule has 7 heteroatoms. The number of carbonyl (C=O) groups is 1. The van der Waals surface area contributed by atoms with Crippen molar-refractivity contribution in [1.82, 2.24) is 20.2 Å². The largest absolute Gasteiger partial charge is 0.481 e. The predicted molar refractivity (Wildman–Crippen MR) is 52.5 cm³/mol. The van der Waals surface area contributed by atoms with Crippen molar-refractivity contribution in [2.75, 3.05) is 0 Å². The molecule has 0 radical (unpaired) electrons. The molecule has 0 aliphatic carbocycles. The zero-order valence-electron chi connectivity index (χ0n) is 7.65. The lowest BCUT2D eigenvalue weighted by Crippen LogP contribution is -2.14. The Labute approximate surface area is 89.2 Å². The Kier molecular flexibility index (Phi) is 2.72. The molecule has 0 saturated carbocycles. The van der Waals surface area contributed by atoms with Crippen LogP contribution in [0.3, 0.4) is 0 Å². The van der Waals surface area contributed by atoms with Gasteiger partial charge in [-0.05, 0) is 21.9 Å². The van der Waals surface area contributed by atoms with E-state index in [2.05, 4.69) is 15.5 Å². The first-order valence-electron chi connectivity index (χ1n) is 4.25. The number of rotatable bonds is 4. The van der Waals surface area contributed by atoms with E-state index in [0.29, 0.717) is 0 Å². The lowest BCUT2D eigenvalue weighted by molar-refractivity contribution is -0.137. The van der Waals surface area contributed by atoms with Crippen molar-refractivity contribution in [3.8, 4) is 0 Å². The normalized spacial score (nSPS) is 12.5. The van der Waals surface area contributed by atoms with Crippen molar-refractivity contribution in [3.63, 3.8) is 0 Å². The third-order valence-corrected chi connectivity index (χ3v) is 2.90. The van der Waals surface area contributed by atoms with E-state index in [1.807, 2.05) is 17.5 Å². The van der Waals surface area contributed by atoms with E-state index < -0.39 is 5.97 Å². The quantitative estimate of drug-likeness (QED) is 0.830. The van der Waals surface area contributed by atoms with Crippen LogP contribution in [0.15, 0.2) is 23.8 Å². The number of carboxylic acids is 1. The Morgan fingerprint density at radius 3 is 3.07 bits per heavy atom. The first kappa shape index (κ1) is 9.78. The van der Waals surface area contributed by atoms with Gasteiger partial charge in [-0.3, -0.25) is 4.79 Å². The van der Waals surface area contributed by atoms with Crippen LogP contribution in [-0.4, -0.2) is 31.3 Å². The fourth-order valence-electron chi connectivity index (χ4n) is 1.28. The minimum atomic E-state index is -0.871. The lowest BCUT2D eigenvalue weighted by Gasteiger charge is -2.11. The first-order valence-corrected chi connectivity index (χ1v) is 5.13. The second-order valence-electron chi connectivity index (χ2n) is 2.92. The van der Waals surface area contributed by atoms with Crippen molar-refractivity contribution >= 4 is 17.3 Å². The summed E-state index contributed by atoms with van der Waals surface area (Å²) in [6, 6.07) is 3.43. The van der Waals surface area contributed by atoms with Gasteiger partial charge in [-0.15, -0.1) is 16.4 Å².